The molecule has 0 aliphatic heterocycles. The molecule has 1 atom stereocenters. The Hall–Kier alpha value is -3.66. The van der Waals surface area contributed by atoms with Gasteiger partial charge in [-0.1, -0.05) is 98.8 Å². The second-order valence-electron chi connectivity index (χ2n) is 8.63. The third-order valence-electron chi connectivity index (χ3n) is 6.03. The van der Waals surface area contributed by atoms with Crippen LogP contribution in [-0.4, -0.2) is 15.5 Å². The molecule has 0 fully saturated rings. The zero-order valence-electron chi connectivity index (χ0n) is 19.7. The van der Waals surface area contributed by atoms with Crippen LogP contribution in [0, 0.1) is 0 Å². The van der Waals surface area contributed by atoms with Crippen molar-refractivity contribution in [2.75, 3.05) is 0 Å². The van der Waals surface area contributed by atoms with Gasteiger partial charge in [0.1, 0.15) is 17.2 Å². The lowest BCUT2D eigenvalue weighted by Crippen LogP contribution is -2.29. The van der Waals surface area contributed by atoms with Crippen LogP contribution < -0.4 is 5.32 Å². The molecule has 4 rings (SSSR count). The minimum Gasteiger partial charge on any atom is -0.344 e. The van der Waals surface area contributed by atoms with Crippen molar-refractivity contribution in [3.8, 4) is 22.6 Å². The lowest BCUT2D eigenvalue weighted by molar-refractivity contribution is 0.0931. The first kappa shape index (κ1) is 22.5. The molecule has 0 unspecified atom stereocenters. The van der Waals surface area contributed by atoms with Gasteiger partial charge in [0.2, 0.25) is 0 Å². The molecular formula is C29H31N3O. The maximum Gasteiger partial charge on any atom is 0.270 e. The van der Waals surface area contributed by atoms with E-state index in [0.717, 1.165) is 22.5 Å². The number of imidazole rings is 1. The van der Waals surface area contributed by atoms with Crippen LogP contribution in [0.3, 0.4) is 0 Å². The normalized spacial score (nSPS) is 12.0. The highest BCUT2D eigenvalue weighted by atomic mass is 16.2. The van der Waals surface area contributed by atoms with E-state index in [1.807, 2.05) is 72.2 Å². The summed E-state index contributed by atoms with van der Waals surface area (Å²) in [5.74, 6) is 1.13. The van der Waals surface area contributed by atoms with Crippen LogP contribution in [0.4, 0.5) is 0 Å². The summed E-state index contributed by atoms with van der Waals surface area (Å²) in [6.07, 6.45) is 0. The fourth-order valence-corrected chi connectivity index (χ4v) is 4.12. The average molecular weight is 438 g/mol. The molecule has 0 spiro atoms. The monoisotopic (exact) mass is 437 g/mol. The van der Waals surface area contributed by atoms with E-state index in [1.54, 1.807) is 0 Å². The van der Waals surface area contributed by atoms with Gasteiger partial charge in [0.25, 0.3) is 5.91 Å². The van der Waals surface area contributed by atoms with E-state index in [-0.39, 0.29) is 11.9 Å². The van der Waals surface area contributed by atoms with Crippen LogP contribution in [0.5, 0.6) is 0 Å². The molecule has 4 heteroatoms. The summed E-state index contributed by atoms with van der Waals surface area (Å²) >= 11 is 0. The van der Waals surface area contributed by atoms with Gasteiger partial charge in [0.15, 0.2) is 0 Å². The van der Waals surface area contributed by atoms with Crippen molar-refractivity contribution in [2.24, 2.45) is 0 Å². The summed E-state index contributed by atoms with van der Waals surface area (Å²) in [5, 5.41) is 3.19. The quantitative estimate of drug-likeness (QED) is 0.344. The van der Waals surface area contributed by atoms with Gasteiger partial charge in [-0.15, -0.1) is 0 Å². The largest absolute Gasteiger partial charge is 0.344 e. The van der Waals surface area contributed by atoms with Gasteiger partial charge in [0, 0.05) is 17.7 Å². The Labute approximate surface area is 196 Å². The SMILES string of the molecule is CCn1c(-c2ccccc2)nc(-c2ccc(C(C)C)cc2)c1C(=O)N[C@@H](C)c1ccccc1. The lowest BCUT2D eigenvalue weighted by Gasteiger charge is -2.16. The Kier molecular flexibility index (Phi) is 6.74. The standard InChI is InChI=1S/C29H31N3O/c1-5-32-27(29(33)30-21(4)23-12-8-6-9-13-23)26(24-18-16-22(17-19-24)20(2)3)31-28(32)25-14-10-7-11-15-25/h6-21H,5H2,1-4H3,(H,30,33)/t21-/m0/s1. The van der Waals surface area contributed by atoms with Crippen LogP contribution in [0.25, 0.3) is 22.6 Å². The van der Waals surface area contributed by atoms with E-state index in [1.165, 1.54) is 5.56 Å². The van der Waals surface area contributed by atoms with E-state index < -0.39 is 0 Å². The molecule has 33 heavy (non-hydrogen) atoms. The third kappa shape index (κ3) is 4.75. The molecule has 0 aliphatic carbocycles. The van der Waals surface area contributed by atoms with Crippen LogP contribution in [-0.2, 0) is 6.54 Å². The summed E-state index contributed by atoms with van der Waals surface area (Å²) < 4.78 is 2.02. The van der Waals surface area contributed by atoms with Crippen molar-refractivity contribution in [1.29, 1.82) is 0 Å². The molecule has 1 aromatic heterocycles. The minimum absolute atomic E-state index is 0.116. The molecule has 0 bridgehead atoms. The van der Waals surface area contributed by atoms with Gasteiger partial charge in [-0.05, 0) is 30.9 Å². The van der Waals surface area contributed by atoms with Crippen molar-refractivity contribution in [2.45, 2.75) is 46.2 Å². The van der Waals surface area contributed by atoms with Crippen LogP contribution >= 0.6 is 0 Å². The first-order valence-corrected chi connectivity index (χ1v) is 11.6. The fourth-order valence-electron chi connectivity index (χ4n) is 4.12. The molecule has 3 aromatic carbocycles. The summed E-state index contributed by atoms with van der Waals surface area (Å²) in [5.41, 5.74) is 5.58. The Balaban J connectivity index is 1.81. The molecule has 4 nitrogen and oxygen atoms in total. The molecular weight excluding hydrogens is 406 g/mol. The van der Waals surface area contributed by atoms with E-state index in [2.05, 4.69) is 50.4 Å². The number of hydrogen-bond acceptors (Lipinski definition) is 2. The van der Waals surface area contributed by atoms with Crippen molar-refractivity contribution in [1.82, 2.24) is 14.9 Å². The molecule has 4 aromatic rings. The number of amides is 1. The van der Waals surface area contributed by atoms with Gasteiger partial charge in [-0.25, -0.2) is 4.98 Å². The van der Waals surface area contributed by atoms with Crippen molar-refractivity contribution < 1.29 is 4.79 Å². The number of benzene rings is 3. The predicted octanol–water partition coefficient (Wildman–Crippen LogP) is 6.85. The van der Waals surface area contributed by atoms with Crippen molar-refractivity contribution in [3.05, 3.63) is 102 Å². The number of hydrogen-bond donors (Lipinski definition) is 1. The maximum absolute atomic E-state index is 13.7. The molecule has 0 saturated carbocycles. The first-order valence-electron chi connectivity index (χ1n) is 11.6. The Morgan fingerprint density at radius 3 is 2.00 bits per heavy atom. The summed E-state index contributed by atoms with van der Waals surface area (Å²) in [6, 6.07) is 28.4. The Morgan fingerprint density at radius 1 is 0.818 bits per heavy atom. The maximum atomic E-state index is 13.7. The van der Waals surface area contributed by atoms with E-state index >= 15 is 0 Å². The number of rotatable bonds is 7. The van der Waals surface area contributed by atoms with Crippen LogP contribution in [0.2, 0.25) is 0 Å². The molecule has 168 valence electrons. The zero-order valence-corrected chi connectivity index (χ0v) is 19.7. The molecule has 0 aliphatic rings. The number of aromatic nitrogens is 2. The zero-order chi connectivity index (χ0) is 23.4. The summed E-state index contributed by atoms with van der Waals surface area (Å²) in [7, 11) is 0. The number of carbonyl (C=O) groups is 1. The molecule has 1 heterocycles. The number of nitrogens with one attached hydrogen (secondary N) is 1. The van der Waals surface area contributed by atoms with E-state index in [9.17, 15) is 4.79 Å². The van der Waals surface area contributed by atoms with Crippen molar-refractivity contribution in [3.63, 3.8) is 0 Å². The molecule has 0 saturated heterocycles. The van der Waals surface area contributed by atoms with Gasteiger partial charge < -0.3 is 9.88 Å². The number of carbonyl (C=O) groups excluding carboxylic acids is 1. The van der Waals surface area contributed by atoms with Crippen LogP contribution in [0.15, 0.2) is 84.9 Å². The Bertz CT molecular complexity index is 1210. The highest BCUT2D eigenvalue weighted by molar-refractivity contribution is 5.99. The third-order valence-corrected chi connectivity index (χ3v) is 6.03. The average Bonchev–Trinajstić information content (AvgIpc) is 3.25. The highest BCUT2D eigenvalue weighted by Gasteiger charge is 2.25. The summed E-state index contributed by atoms with van der Waals surface area (Å²) in [6.45, 7) is 9.06. The second-order valence-corrected chi connectivity index (χ2v) is 8.63. The van der Waals surface area contributed by atoms with Gasteiger partial charge >= 0.3 is 0 Å². The van der Waals surface area contributed by atoms with Crippen molar-refractivity contribution >= 4 is 5.91 Å². The lowest BCUT2D eigenvalue weighted by atomic mass is 10.00. The smallest absolute Gasteiger partial charge is 0.270 e. The molecule has 1 N–H and O–H groups in total. The minimum atomic E-state index is -0.120. The van der Waals surface area contributed by atoms with Crippen LogP contribution in [0.1, 0.15) is 61.3 Å². The number of nitrogens with zero attached hydrogens (tertiary/aromatic N) is 2. The first-order chi connectivity index (χ1) is 16.0. The van der Waals surface area contributed by atoms with Gasteiger partial charge in [-0.3, -0.25) is 4.79 Å². The van der Waals surface area contributed by atoms with Gasteiger partial charge in [0.05, 0.1) is 6.04 Å². The van der Waals surface area contributed by atoms with E-state index in [4.69, 9.17) is 4.98 Å². The highest BCUT2D eigenvalue weighted by Crippen LogP contribution is 2.31. The fraction of sp³-hybridized carbons (Fsp3) is 0.241. The van der Waals surface area contributed by atoms with E-state index in [0.29, 0.717) is 23.9 Å². The summed E-state index contributed by atoms with van der Waals surface area (Å²) in [4.78, 5) is 18.6. The van der Waals surface area contributed by atoms with Gasteiger partial charge in [-0.2, -0.15) is 0 Å². The molecule has 1 amide bonds. The molecule has 0 radical (unpaired) electrons. The topological polar surface area (TPSA) is 46.9 Å². The second kappa shape index (κ2) is 9.86. The Morgan fingerprint density at radius 2 is 1.42 bits per heavy atom. The predicted molar refractivity (Wildman–Crippen MR) is 135 cm³/mol.